The molecule has 0 spiro atoms. The molecule has 8 heteroatoms. The van der Waals surface area contributed by atoms with Gasteiger partial charge in [0.05, 0.1) is 16.3 Å². The third kappa shape index (κ3) is 4.47. The van der Waals surface area contributed by atoms with E-state index in [2.05, 4.69) is 15.3 Å². The molecule has 0 atom stereocenters. The summed E-state index contributed by atoms with van der Waals surface area (Å²) in [5.74, 6) is 0.00425. The number of alkyl halides is 2. The van der Waals surface area contributed by atoms with Crippen LogP contribution in [0.5, 0.6) is 5.75 Å². The minimum Gasteiger partial charge on any atom is -0.434 e. The predicted octanol–water partition coefficient (Wildman–Crippen LogP) is 4.03. The van der Waals surface area contributed by atoms with Crippen molar-refractivity contribution in [2.45, 2.75) is 13.5 Å². The fourth-order valence-corrected chi connectivity index (χ4v) is 1.86. The van der Waals surface area contributed by atoms with Crippen LogP contribution >= 0.6 is 0 Å². The van der Waals surface area contributed by atoms with Gasteiger partial charge in [0.15, 0.2) is 0 Å². The van der Waals surface area contributed by atoms with Crippen LogP contribution in [0.3, 0.4) is 0 Å². The van der Waals surface area contributed by atoms with Gasteiger partial charge in [-0.1, -0.05) is 18.2 Å². The van der Waals surface area contributed by atoms with Gasteiger partial charge in [0.2, 0.25) is 0 Å². The van der Waals surface area contributed by atoms with Crippen LogP contribution in [0.25, 0.3) is 0 Å². The topological polar surface area (TPSA) is 76.8 Å². The van der Waals surface area contributed by atoms with E-state index in [1.54, 1.807) is 31.2 Å². The first-order valence-corrected chi connectivity index (χ1v) is 6.56. The minimum atomic E-state index is -2.94. The number of nitro groups is 1. The van der Waals surface area contributed by atoms with E-state index < -0.39 is 11.5 Å². The molecule has 0 aliphatic heterocycles. The Balaban J connectivity index is 2.20. The molecule has 0 unspecified atom stereocenters. The Bertz CT molecular complexity index is 735. The summed E-state index contributed by atoms with van der Waals surface area (Å²) in [6, 6.07) is 12.0. The summed E-state index contributed by atoms with van der Waals surface area (Å²) in [4.78, 5) is 10.2. The second-order valence-electron chi connectivity index (χ2n) is 4.49. The molecule has 0 bridgehead atoms. The summed E-state index contributed by atoms with van der Waals surface area (Å²) in [5.41, 5.74) is 3.78. The van der Waals surface area contributed by atoms with Gasteiger partial charge in [-0.3, -0.25) is 15.5 Å². The average Bonchev–Trinajstić information content (AvgIpc) is 2.53. The zero-order chi connectivity index (χ0) is 16.8. The van der Waals surface area contributed by atoms with Crippen molar-refractivity contribution in [3.63, 3.8) is 0 Å². The van der Waals surface area contributed by atoms with E-state index in [1.807, 2.05) is 0 Å². The summed E-state index contributed by atoms with van der Waals surface area (Å²) in [5, 5.41) is 14.8. The Labute approximate surface area is 130 Å². The van der Waals surface area contributed by atoms with Gasteiger partial charge in [0.25, 0.3) is 5.69 Å². The summed E-state index contributed by atoms with van der Waals surface area (Å²) in [7, 11) is 0. The van der Waals surface area contributed by atoms with Crippen LogP contribution in [0, 0.1) is 10.1 Å². The number of hydrazone groups is 1. The third-order valence-corrected chi connectivity index (χ3v) is 2.90. The predicted molar refractivity (Wildman–Crippen MR) is 82.0 cm³/mol. The number of nitro benzene ring substituents is 1. The summed E-state index contributed by atoms with van der Waals surface area (Å²) in [6.07, 6.45) is 0. The summed E-state index contributed by atoms with van der Waals surface area (Å²) >= 11 is 0. The minimum absolute atomic E-state index is 0.00425. The first-order chi connectivity index (χ1) is 11.0. The lowest BCUT2D eigenvalue weighted by Gasteiger charge is -2.10. The smallest absolute Gasteiger partial charge is 0.387 e. The third-order valence-electron chi connectivity index (χ3n) is 2.90. The van der Waals surface area contributed by atoms with Crippen LogP contribution in [0.15, 0.2) is 53.6 Å². The number of benzene rings is 2. The Morgan fingerprint density at radius 1 is 1.26 bits per heavy atom. The Hall–Kier alpha value is -3.03. The van der Waals surface area contributed by atoms with Crippen molar-refractivity contribution < 1.29 is 18.4 Å². The van der Waals surface area contributed by atoms with Gasteiger partial charge in [-0.05, 0) is 25.1 Å². The largest absolute Gasteiger partial charge is 0.434 e. The van der Waals surface area contributed by atoms with E-state index in [0.717, 1.165) is 0 Å². The van der Waals surface area contributed by atoms with Gasteiger partial charge in [0.1, 0.15) is 5.75 Å². The van der Waals surface area contributed by atoms with Crippen molar-refractivity contribution >= 4 is 17.1 Å². The highest BCUT2D eigenvalue weighted by Gasteiger charge is 2.11. The van der Waals surface area contributed by atoms with Crippen molar-refractivity contribution in [1.82, 2.24) is 0 Å². The molecule has 0 aliphatic rings. The van der Waals surface area contributed by atoms with Gasteiger partial charge >= 0.3 is 6.61 Å². The van der Waals surface area contributed by atoms with Crippen molar-refractivity contribution in [3.05, 3.63) is 64.2 Å². The molecule has 0 radical (unpaired) electrons. The second kappa shape index (κ2) is 7.30. The molecule has 6 nitrogen and oxygen atoms in total. The van der Waals surface area contributed by atoms with Crippen LogP contribution < -0.4 is 10.2 Å². The molecule has 0 heterocycles. The molecule has 0 saturated heterocycles. The van der Waals surface area contributed by atoms with E-state index in [4.69, 9.17) is 0 Å². The molecule has 0 saturated carbocycles. The summed E-state index contributed by atoms with van der Waals surface area (Å²) in [6.45, 7) is -1.33. The van der Waals surface area contributed by atoms with E-state index in [9.17, 15) is 18.9 Å². The highest BCUT2D eigenvalue weighted by Crippen LogP contribution is 2.22. The first kappa shape index (κ1) is 16.3. The van der Waals surface area contributed by atoms with Crippen LogP contribution in [0.1, 0.15) is 12.5 Å². The number of non-ortho nitro benzene ring substituents is 1. The molecule has 0 aromatic heterocycles. The Morgan fingerprint density at radius 2 is 2.00 bits per heavy atom. The number of hydrogen-bond acceptors (Lipinski definition) is 5. The lowest BCUT2D eigenvalue weighted by molar-refractivity contribution is -0.384. The van der Waals surface area contributed by atoms with Gasteiger partial charge in [-0.2, -0.15) is 13.9 Å². The molecule has 120 valence electrons. The van der Waals surface area contributed by atoms with Crippen molar-refractivity contribution in [2.75, 3.05) is 5.43 Å². The normalized spacial score (nSPS) is 11.4. The van der Waals surface area contributed by atoms with Crippen LogP contribution in [-0.4, -0.2) is 17.2 Å². The molecule has 0 aliphatic carbocycles. The molecular formula is C15H13F2N3O3. The molecule has 1 N–H and O–H groups in total. The fourth-order valence-electron chi connectivity index (χ4n) is 1.86. The number of ether oxygens (including phenoxy) is 1. The monoisotopic (exact) mass is 321 g/mol. The molecule has 0 amide bonds. The molecule has 2 rings (SSSR count). The zero-order valence-corrected chi connectivity index (χ0v) is 12.1. The van der Waals surface area contributed by atoms with Crippen molar-refractivity contribution in [2.24, 2.45) is 5.10 Å². The zero-order valence-electron chi connectivity index (χ0n) is 12.1. The summed E-state index contributed by atoms with van der Waals surface area (Å²) < 4.78 is 29.2. The van der Waals surface area contributed by atoms with E-state index >= 15 is 0 Å². The number of nitrogens with zero attached hydrogens (tertiary/aromatic N) is 2. The van der Waals surface area contributed by atoms with Crippen LogP contribution in [0.4, 0.5) is 20.2 Å². The van der Waals surface area contributed by atoms with E-state index in [1.165, 1.54) is 24.3 Å². The van der Waals surface area contributed by atoms with Crippen LogP contribution in [0.2, 0.25) is 0 Å². The van der Waals surface area contributed by atoms with Gasteiger partial charge in [0, 0.05) is 17.7 Å². The maximum atomic E-state index is 12.4. The lowest BCUT2D eigenvalue weighted by atomic mass is 10.1. The number of hydrogen-bond donors (Lipinski definition) is 1. The lowest BCUT2D eigenvalue weighted by Crippen LogP contribution is -2.08. The maximum absolute atomic E-state index is 12.4. The quantitative estimate of drug-likeness (QED) is 0.495. The highest BCUT2D eigenvalue weighted by atomic mass is 19.3. The maximum Gasteiger partial charge on any atom is 0.387 e. The second-order valence-corrected chi connectivity index (χ2v) is 4.49. The van der Waals surface area contributed by atoms with Crippen molar-refractivity contribution in [3.8, 4) is 5.75 Å². The van der Waals surface area contributed by atoms with E-state index in [0.29, 0.717) is 17.0 Å². The Kier molecular flexibility index (Phi) is 5.19. The highest BCUT2D eigenvalue weighted by molar-refractivity contribution is 6.01. The standard InChI is InChI=1S/C15H13F2N3O3/c1-10(13-7-2-3-8-14(13)23-15(16)17)18-19-11-5-4-6-12(9-11)20(21)22/h2-9,15,19H,1H3/b18-10-. The fraction of sp³-hybridized carbons (Fsp3) is 0.133. The molecule has 2 aromatic carbocycles. The van der Waals surface area contributed by atoms with E-state index in [-0.39, 0.29) is 11.4 Å². The SMILES string of the molecule is C/C(=N/Nc1cccc([N+](=O)[O-])c1)c1ccccc1OC(F)F. The molecule has 0 fully saturated rings. The number of halogens is 2. The van der Waals surface area contributed by atoms with Gasteiger partial charge in [-0.15, -0.1) is 0 Å². The number of rotatable bonds is 6. The van der Waals surface area contributed by atoms with Crippen LogP contribution in [-0.2, 0) is 0 Å². The number of para-hydroxylation sites is 1. The number of nitrogens with one attached hydrogen (secondary N) is 1. The van der Waals surface area contributed by atoms with Gasteiger partial charge in [-0.25, -0.2) is 0 Å². The molecule has 23 heavy (non-hydrogen) atoms. The first-order valence-electron chi connectivity index (χ1n) is 6.56. The average molecular weight is 321 g/mol. The molecule has 2 aromatic rings. The van der Waals surface area contributed by atoms with Gasteiger partial charge < -0.3 is 4.74 Å². The Morgan fingerprint density at radius 3 is 2.70 bits per heavy atom. The number of anilines is 1. The van der Waals surface area contributed by atoms with Crippen molar-refractivity contribution in [1.29, 1.82) is 0 Å². The molecular weight excluding hydrogens is 308 g/mol.